The third-order valence-electron chi connectivity index (χ3n) is 8.44. The number of benzene rings is 3. The number of carbonyl (C=O) groups excluding carboxylic acids is 1. The first-order valence-corrected chi connectivity index (χ1v) is 12.3. The number of carbonyl (C=O) groups is 1. The summed E-state index contributed by atoms with van der Waals surface area (Å²) in [6.07, 6.45) is 11.5. The highest BCUT2D eigenvalue weighted by Crippen LogP contribution is 2.66. The molecule has 4 aliphatic carbocycles. The van der Waals surface area contributed by atoms with E-state index in [-0.39, 0.29) is 11.3 Å². The van der Waals surface area contributed by atoms with Gasteiger partial charge >= 0.3 is 0 Å². The van der Waals surface area contributed by atoms with Crippen LogP contribution < -0.4 is 5.32 Å². The first-order valence-electron chi connectivity index (χ1n) is 12.3. The molecule has 4 aliphatic rings. The molecule has 1 amide bonds. The molecule has 33 heavy (non-hydrogen) atoms. The molecule has 2 nitrogen and oxygen atoms in total. The van der Waals surface area contributed by atoms with Crippen molar-refractivity contribution in [1.29, 1.82) is 0 Å². The summed E-state index contributed by atoms with van der Waals surface area (Å²) in [5.41, 5.74) is 5.55. The summed E-state index contributed by atoms with van der Waals surface area (Å²) in [5, 5.41) is 3.02. The van der Waals surface area contributed by atoms with E-state index >= 15 is 0 Å². The van der Waals surface area contributed by atoms with Gasteiger partial charge in [-0.25, -0.2) is 0 Å². The summed E-state index contributed by atoms with van der Waals surface area (Å²) in [6, 6.07) is 30.0. The van der Waals surface area contributed by atoms with Gasteiger partial charge in [-0.05, 0) is 96.1 Å². The lowest BCUT2D eigenvalue weighted by atomic mass is 9.42. The first-order chi connectivity index (χ1) is 16.1. The third-order valence-corrected chi connectivity index (χ3v) is 8.44. The smallest absolute Gasteiger partial charge is 0.248 e. The highest BCUT2D eigenvalue weighted by atomic mass is 16.1. The summed E-state index contributed by atoms with van der Waals surface area (Å²) in [4.78, 5) is 12.4. The quantitative estimate of drug-likeness (QED) is 0.426. The zero-order valence-corrected chi connectivity index (χ0v) is 19.0. The number of nitrogens with one attached hydrogen (secondary N) is 1. The van der Waals surface area contributed by atoms with Crippen LogP contribution in [0, 0.1) is 11.8 Å². The van der Waals surface area contributed by atoms with E-state index in [4.69, 9.17) is 0 Å². The molecular weight excluding hydrogens is 402 g/mol. The Balaban J connectivity index is 1.21. The van der Waals surface area contributed by atoms with Crippen molar-refractivity contribution in [2.45, 2.75) is 49.4 Å². The van der Waals surface area contributed by atoms with E-state index in [0.717, 1.165) is 23.1 Å². The lowest BCUT2D eigenvalue weighted by Gasteiger charge is -2.62. The van der Waals surface area contributed by atoms with E-state index in [1.807, 2.05) is 36.4 Å². The van der Waals surface area contributed by atoms with E-state index in [2.05, 4.69) is 59.9 Å². The maximum atomic E-state index is 12.4. The molecule has 4 bridgehead atoms. The molecule has 3 aromatic rings. The maximum absolute atomic E-state index is 12.4. The van der Waals surface area contributed by atoms with Crippen molar-refractivity contribution >= 4 is 17.7 Å². The zero-order valence-electron chi connectivity index (χ0n) is 19.0. The van der Waals surface area contributed by atoms with Gasteiger partial charge in [-0.2, -0.15) is 0 Å². The van der Waals surface area contributed by atoms with Crippen molar-refractivity contribution in [3.63, 3.8) is 0 Å². The normalized spacial score (nSPS) is 29.9. The Bertz CT molecular complexity index is 1150. The van der Waals surface area contributed by atoms with Gasteiger partial charge in [0.2, 0.25) is 5.91 Å². The fourth-order valence-electron chi connectivity index (χ4n) is 7.56. The molecule has 0 aliphatic heterocycles. The summed E-state index contributed by atoms with van der Waals surface area (Å²) >= 11 is 0. The minimum absolute atomic E-state index is 0.0931. The molecule has 1 N–H and O–H groups in total. The lowest BCUT2D eigenvalue weighted by molar-refractivity contribution is -0.111. The van der Waals surface area contributed by atoms with Crippen molar-refractivity contribution in [3.8, 4) is 0 Å². The van der Waals surface area contributed by atoms with Crippen molar-refractivity contribution in [2.24, 2.45) is 11.8 Å². The Kier molecular flexibility index (Phi) is 4.98. The molecule has 0 radical (unpaired) electrons. The van der Waals surface area contributed by atoms with Crippen LogP contribution >= 0.6 is 0 Å². The molecule has 4 saturated carbocycles. The van der Waals surface area contributed by atoms with E-state index < -0.39 is 0 Å². The predicted molar refractivity (Wildman–Crippen MR) is 135 cm³/mol. The van der Waals surface area contributed by atoms with Gasteiger partial charge in [0, 0.05) is 11.8 Å². The Morgan fingerprint density at radius 1 is 0.727 bits per heavy atom. The molecule has 0 saturated heterocycles. The second-order valence-corrected chi connectivity index (χ2v) is 10.7. The first kappa shape index (κ1) is 20.5. The fourth-order valence-corrected chi connectivity index (χ4v) is 7.56. The van der Waals surface area contributed by atoms with Gasteiger partial charge in [-0.3, -0.25) is 4.79 Å². The van der Waals surface area contributed by atoms with Crippen molar-refractivity contribution < 1.29 is 4.79 Å². The number of hydrogen-bond donors (Lipinski definition) is 1. The fraction of sp³-hybridized carbons (Fsp3) is 0.323. The van der Waals surface area contributed by atoms with Crippen LogP contribution in [0.3, 0.4) is 0 Å². The van der Waals surface area contributed by atoms with Crippen molar-refractivity contribution in [2.75, 3.05) is 5.32 Å². The van der Waals surface area contributed by atoms with Crippen molar-refractivity contribution in [3.05, 3.63) is 108 Å². The minimum Gasteiger partial charge on any atom is -0.323 e. The van der Waals surface area contributed by atoms with Gasteiger partial charge in [-0.1, -0.05) is 72.8 Å². The van der Waals surface area contributed by atoms with Crippen LogP contribution in [-0.4, -0.2) is 5.91 Å². The monoisotopic (exact) mass is 433 g/mol. The second-order valence-electron chi connectivity index (χ2n) is 10.7. The SMILES string of the molecule is O=C(C=Cc1ccccc1)Nc1ccc(C23CC4CC(CC(c5ccccc5)(C4)C2)C3)cc1. The van der Waals surface area contributed by atoms with Gasteiger partial charge < -0.3 is 5.32 Å². The number of hydrogen-bond acceptors (Lipinski definition) is 1. The summed E-state index contributed by atoms with van der Waals surface area (Å²) < 4.78 is 0. The molecule has 0 aromatic heterocycles. The molecular formula is C31H31NO. The molecule has 2 heteroatoms. The number of anilines is 1. The molecule has 2 unspecified atom stereocenters. The van der Waals surface area contributed by atoms with Crippen LogP contribution in [0.5, 0.6) is 0 Å². The number of rotatable bonds is 5. The van der Waals surface area contributed by atoms with Crippen LogP contribution in [0.25, 0.3) is 6.08 Å². The standard InChI is InChI=1S/C31H31NO/c33-29(16-11-23-7-3-1-4-8-23)32-28-14-12-27(13-15-28)31-20-24-17-25(21-31)19-30(18-24,22-31)26-9-5-2-6-10-26/h1-16,24-25H,17-22H2,(H,32,33). The summed E-state index contributed by atoms with van der Waals surface area (Å²) in [7, 11) is 0. The van der Waals surface area contributed by atoms with Gasteiger partial charge in [0.1, 0.15) is 0 Å². The van der Waals surface area contributed by atoms with E-state index in [1.165, 1.54) is 44.1 Å². The van der Waals surface area contributed by atoms with Crippen molar-refractivity contribution in [1.82, 2.24) is 0 Å². The Morgan fingerprint density at radius 2 is 1.27 bits per heavy atom. The van der Waals surface area contributed by atoms with E-state index in [9.17, 15) is 4.79 Å². The van der Waals surface area contributed by atoms with Crippen LogP contribution in [0.2, 0.25) is 0 Å². The van der Waals surface area contributed by atoms with E-state index in [0.29, 0.717) is 5.41 Å². The highest BCUT2D eigenvalue weighted by molar-refractivity contribution is 6.01. The molecule has 2 atom stereocenters. The van der Waals surface area contributed by atoms with Gasteiger partial charge in [0.25, 0.3) is 0 Å². The molecule has 4 fully saturated rings. The summed E-state index contributed by atoms with van der Waals surface area (Å²) in [5.74, 6) is 1.59. The predicted octanol–water partition coefficient (Wildman–Crippen LogP) is 7.13. The Labute approximate surface area is 196 Å². The average Bonchev–Trinajstić information content (AvgIpc) is 2.84. The van der Waals surface area contributed by atoms with Crippen LogP contribution in [0.4, 0.5) is 5.69 Å². The topological polar surface area (TPSA) is 29.1 Å². The Morgan fingerprint density at radius 3 is 1.88 bits per heavy atom. The van der Waals surface area contributed by atoms with Gasteiger partial charge in [-0.15, -0.1) is 0 Å². The zero-order chi connectivity index (χ0) is 22.3. The molecule has 3 aromatic carbocycles. The molecule has 166 valence electrons. The minimum atomic E-state index is -0.0931. The lowest BCUT2D eigenvalue weighted by Crippen LogP contribution is -2.55. The van der Waals surface area contributed by atoms with Crippen LogP contribution in [0.15, 0.2) is 91.0 Å². The highest BCUT2D eigenvalue weighted by Gasteiger charge is 2.58. The second kappa shape index (κ2) is 8.02. The van der Waals surface area contributed by atoms with Gasteiger partial charge in [0.15, 0.2) is 0 Å². The molecule has 0 heterocycles. The third kappa shape index (κ3) is 3.82. The van der Waals surface area contributed by atoms with Crippen LogP contribution in [-0.2, 0) is 15.6 Å². The summed E-state index contributed by atoms with van der Waals surface area (Å²) in [6.45, 7) is 0. The molecule has 7 rings (SSSR count). The largest absolute Gasteiger partial charge is 0.323 e. The van der Waals surface area contributed by atoms with Crippen LogP contribution in [0.1, 0.15) is 55.2 Å². The average molecular weight is 434 g/mol. The Hall–Kier alpha value is -3.13. The van der Waals surface area contributed by atoms with E-state index in [1.54, 1.807) is 11.6 Å². The number of amides is 1. The van der Waals surface area contributed by atoms with Gasteiger partial charge in [0.05, 0.1) is 0 Å². The molecule has 0 spiro atoms. The maximum Gasteiger partial charge on any atom is 0.248 e.